The lowest BCUT2D eigenvalue weighted by molar-refractivity contribution is -0.127. The number of ether oxygens (including phenoxy) is 2. The number of para-hydroxylation sites is 2. The first kappa shape index (κ1) is 16.8. The Hall–Kier alpha value is -2.62. The Kier molecular flexibility index (Phi) is 4.27. The minimum Gasteiger partial charge on any atom is -0.485 e. The van der Waals surface area contributed by atoms with Gasteiger partial charge >= 0.3 is 5.22 Å². The van der Waals surface area contributed by atoms with Gasteiger partial charge in [0.25, 0.3) is 5.89 Å². The zero-order valence-corrected chi connectivity index (χ0v) is 14.6. The zero-order valence-electron chi connectivity index (χ0n) is 13.8. The van der Waals surface area contributed by atoms with E-state index < -0.39 is 32.8 Å². The minimum atomic E-state index is -4.00. The quantitative estimate of drug-likeness (QED) is 0.773. The van der Waals surface area contributed by atoms with Gasteiger partial charge in [-0.15, -0.1) is 5.10 Å². The maximum absolute atomic E-state index is 12.4. The molecule has 1 saturated heterocycles. The van der Waals surface area contributed by atoms with Gasteiger partial charge in [-0.3, -0.25) is 4.79 Å². The molecule has 2 aliphatic heterocycles. The van der Waals surface area contributed by atoms with Crippen LogP contribution in [0.3, 0.4) is 0 Å². The summed E-state index contributed by atoms with van der Waals surface area (Å²) in [5.41, 5.74) is 0. The van der Waals surface area contributed by atoms with Crippen LogP contribution >= 0.6 is 0 Å². The van der Waals surface area contributed by atoms with Crippen molar-refractivity contribution in [2.24, 2.45) is 0 Å². The highest BCUT2D eigenvalue weighted by Crippen LogP contribution is 2.35. The molecule has 1 amide bonds. The van der Waals surface area contributed by atoms with Crippen molar-refractivity contribution in [3.8, 4) is 11.5 Å². The average Bonchev–Trinajstić information content (AvgIpc) is 3.33. The molecular formula is C16H17N3O6S. The number of aromatic nitrogens is 2. The fourth-order valence-electron chi connectivity index (χ4n) is 2.90. The van der Waals surface area contributed by atoms with Gasteiger partial charge in [0.1, 0.15) is 12.4 Å². The Morgan fingerprint density at radius 3 is 2.65 bits per heavy atom. The van der Waals surface area contributed by atoms with Crippen LogP contribution in [0.1, 0.15) is 24.8 Å². The number of carbonyl (C=O) groups excluding carboxylic acids is 1. The van der Waals surface area contributed by atoms with Crippen LogP contribution in [0.5, 0.6) is 11.5 Å². The van der Waals surface area contributed by atoms with E-state index >= 15 is 0 Å². The summed E-state index contributed by atoms with van der Waals surface area (Å²) in [6.07, 6.45) is 1.06. The van der Waals surface area contributed by atoms with Gasteiger partial charge in [0.05, 0.1) is 0 Å². The highest BCUT2D eigenvalue weighted by molar-refractivity contribution is 7.91. The van der Waals surface area contributed by atoms with Gasteiger partial charge in [-0.25, -0.2) is 8.42 Å². The molecule has 0 aliphatic carbocycles. The Morgan fingerprint density at radius 1 is 1.15 bits per heavy atom. The number of benzene rings is 1. The zero-order chi connectivity index (χ0) is 18.1. The lowest BCUT2D eigenvalue weighted by Crippen LogP contribution is -2.33. The molecule has 9 nitrogen and oxygen atoms in total. The molecule has 138 valence electrons. The van der Waals surface area contributed by atoms with Gasteiger partial charge in [-0.05, 0) is 25.0 Å². The number of likely N-dealkylation sites (tertiary alicyclic amines) is 1. The van der Waals surface area contributed by atoms with Gasteiger partial charge in [-0.1, -0.05) is 17.2 Å². The molecule has 10 heteroatoms. The average molecular weight is 379 g/mol. The van der Waals surface area contributed by atoms with Gasteiger partial charge in [0, 0.05) is 13.1 Å². The van der Waals surface area contributed by atoms with Crippen molar-refractivity contribution in [3.05, 3.63) is 30.2 Å². The summed E-state index contributed by atoms with van der Waals surface area (Å²) in [7, 11) is -4.00. The second kappa shape index (κ2) is 6.60. The summed E-state index contributed by atoms with van der Waals surface area (Å²) < 4.78 is 41.3. The molecule has 0 saturated carbocycles. The fraction of sp³-hybridized carbons (Fsp3) is 0.438. The van der Waals surface area contributed by atoms with E-state index in [4.69, 9.17) is 13.9 Å². The maximum Gasteiger partial charge on any atom is 0.336 e. The molecule has 0 N–H and O–H groups in total. The van der Waals surface area contributed by atoms with Crippen LogP contribution in [0, 0.1) is 0 Å². The van der Waals surface area contributed by atoms with Crippen LogP contribution in [-0.2, 0) is 14.6 Å². The van der Waals surface area contributed by atoms with Crippen LogP contribution in [0.2, 0.25) is 0 Å². The molecule has 2 aliphatic rings. The van der Waals surface area contributed by atoms with E-state index in [9.17, 15) is 13.2 Å². The topological polar surface area (TPSA) is 112 Å². The largest absolute Gasteiger partial charge is 0.485 e. The molecule has 3 heterocycles. The number of hydrogen-bond donors (Lipinski definition) is 0. The molecule has 0 radical (unpaired) electrons. The third-order valence-corrected chi connectivity index (χ3v) is 5.57. The van der Waals surface area contributed by atoms with E-state index in [1.165, 1.54) is 4.90 Å². The van der Waals surface area contributed by atoms with Crippen LogP contribution in [0.15, 0.2) is 33.9 Å². The normalized spacial score (nSPS) is 19.5. The van der Waals surface area contributed by atoms with Crippen LogP contribution in [0.25, 0.3) is 0 Å². The van der Waals surface area contributed by atoms with E-state index in [-0.39, 0.29) is 12.5 Å². The van der Waals surface area contributed by atoms with Gasteiger partial charge in [-0.2, -0.15) is 0 Å². The Morgan fingerprint density at radius 2 is 1.88 bits per heavy atom. The second-order valence-electron chi connectivity index (χ2n) is 6.12. The van der Waals surface area contributed by atoms with E-state index in [0.29, 0.717) is 24.6 Å². The predicted molar refractivity (Wildman–Crippen MR) is 87.5 cm³/mol. The molecule has 1 fully saturated rings. The van der Waals surface area contributed by atoms with Crippen molar-refractivity contribution >= 4 is 15.7 Å². The smallest absolute Gasteiger partial charge is 0.336 e. The Bertz CT molecular complexity index is 920. The third-order valence-electron chi connectivity index (χ3n) is 4.24. The van der Waals surface area contributed by atoms with Crippen LogP contribution < -0.4 is 9.47 Å². The highest BCUT2D eigenvalue weighted by Gasteiger charge is 2.33. The SMILES string of the molecule is O=C(CS(=O)(=O)c1nnc(C2COc3ccccc3O2)o1)N1CCCC1. The minimum absolute atomic E-state index is 0.00769. The lowest BCUT2D eigenvalue weighted by atomic mass is 10.2. The maximum atomic E-state index is 12.4. The first-order valence-corrected chi connectivity index (χ1v) is 9.90. The van der Waals surface area contributed by atoms with E-state index in [1.807, 2.05) is 6.07 Å². The van der Waals surface area contributed by atoms with E-state index in [1.54, 1.807) is 18.2 Å². The van der Waals surface area contributed by atoms with Gasteiger partial charge in [0.2, 0.25) is 21.8 Å². The first-order chi connectivity index (χ1) is 12.5. The monoisotopic (exact) mass is 379 g/mol. The summed E-state index contributed by atoms with van der Waals surface area (Å²) in [5.74, 6) is -0.0394. The molecular weight excluding hydrogens is 362 g/mol. The van der Waals surface area contributed by atoms with Gasteiger partial charge in [0.15, 0.2) is 11.5 Å². The van der Waals surface area contributed by atoms with Crippen molar-refractivity contribution in [1.82, 2.24) is 15.1 Å². The van der Waals surface area contributed by atoms with Gasteiger partial charge < -0.3 is 18.8 Å². The number of nitrogens with zero attached hydrogens (tertiary/aromatic N) is 3. The second-order valence-corrected chi connectivity index (χ2v) is 7.98. The first-order valence-electron chi connectivity index (χ1n) is 8.25. The molecule has 1 atom stereocenters. The standard InChI is InChI=1S/C16H17N3O6S/c20-14(19-7-3-4-8-19)10-26(21,22)16-18-17-15(25-16)13-9-23-11-5-1-2-6-12(11)24-13/h1-2,5-6,13H,3-4,7-10H2. The summed E-state index contributed by atoms with van der Waals surface area (Å²) in [4.78, 5) is 13.6. The molecule has 1 unspecified atom stereocenters. The summed E-state index contributed by atoms with van der Waals surface area (Å²) in [6, 6.07) is 7.10. The lowest BCUT2D eigenvalue weighted by Gasteiger charge is -2.23. The summed E-state index contributed by atoms with van der Waals surface area (Å²) >= 11 is 0. The molecule has 0 spiro atoms. The summed E-state index contributed by atoms with van der Waals surface area (Å²) in [5, 5.41) is 6.76. The summed E-state index contributed by atoms with van der Waals surface area (Å²) in [6.45, 7) is 1.28. The third kappa shape index (κ3) is 3.24. The van der Waals surface area contributed by atoms with Crippen molar-refractivity contribution in [2.75, 3.05) is 25.4 Å². The van der Waals surface area contributed by atoms with E-state index in [0.717, 1.165) is 12.8 Å². The highest BCUT2D eigenvalue weighted by atomic mass is 32.2. The molecule has 1 aromatic heterocycles. The van der Waals surface area contributed by atoms with E-state index in [2.05, 4.69) is 10.2 Å². The predicted octanol–water partition coefficient (Wildman–Crippen LogP) is 0.978. The molecule has 26 heavy (non-hydrogen) atoms. The van der Waals surface area contributed by atoms with Crippen molar-refractivity contribution in [1.29, 1.82) is 0 Å². The molecule has 4 rings (SSSR count). The number of rotatable bonds is 4. The molecule has 2 aromatic rings. The fourth-order valence-corrected chi connectivity index (χ4v) is 3.91. The number of sulfone groups is 1. The molecule has 1 aromatic carbocycles. The van der Waals surface area contributed by atoms with Crippen LogP contribution in [-0.4, -0.2) is 54.9 Å². The van der Waals surface area contributed by atoms with Crippen LogP contribution in [0.4, 0.5) is 0 Å². The number of fused-ring (bicyclic) bond motifs is 1. The van der Waals surface area contributed by atoms with Crippen molar-refractivity contribution < 1.29 is 27.1 Å². The van der Waals surface area contributed by atoms with Crippen molar-refractivity contribution in [2.45, 2.75) is 24.2 Å². The number of amides is 1. The number of hydrogen-bond acceptors (Lipinski definition) is 8. The number of carbonyl (C=O) groups is 1. The Labute approximate surface area is 149 Å². The van der Waals surface area contributed by atoms with Crippen molar-refractivity contribution in [3.63, 3.8) is 0 Å². The Balaban J connectivity index is 1.48. The molecule has 0 bridgehead atoms.